The molecule has 6 heteroatoms. The van der Waals surface area contributed by atoms with Gasteiger partial charge in [-0.1, -0.05) is 60.3 Å². The smallest absolute Gasteiger partial charge is 0.237 e. The van der Waals surface area contributed by atoms with Crippen molar-refractivity contribution in [1.82, 2.24) is 14.8 Å². The summed E-state index contributed by atoms with van der Waals surface area (Å²) in [7, 11) is 1.86. The lowest BCUT2D eigenvalue weighted by Crippen LogP contribution is -2.23. The van der Waals surface area contributed by atoms with Crippen molar-refractivity contribution < 1.29 is 4.79 Å². The lowest BCUT2D eigenvalue weighted by molar-refractivity contribution is -0.115. The number of carbonyl (C=O) groups is 1. The SMILES string of the molecule is C[C@@H](Sc1nncn1C)C(=O)Nc1ccccc1-c1ccccc1. The number of aryl methyl sites for hydroxylation is 1. The summed E-state index contributed by atoms with van der Waals surface area (Å²) in [5, 5.41) is 11.3. The molecule has 1 heterocycles. The van der Waals surface area contributed by atoms with Crippen LogP contribution in [0, 0.1) is 0 Å². The van der Waals surface area contributed by atoms with E-state index < -0.39 is 0 Å². The van der Waals surface area contributed by atoms with Crippen molar-refractivity contribution in [3.8, 4) is 11.1 Å². The van der Waals surface area contributed by atoms with Crippen molar-refractivity contribution in [2.75, 3.05) is 5.32 Å². The van der Waals surface area contributed by atoms with Gasteiger partial charge in [0.15, 0.2) is 5.16 Å². The number of thioether (sulfide) groups is 1. The van der Waals surface area contributed by atoms with Crippen molar-refractivity contribution >= 4 is 23.4 Å². The Hall–Kier alpha value is -2.60. The van der Waals surface area contributed by atoms with Crippen LogP contribution in [-0.2, 0) is 11.8 Å². The van der Waals surface area contributed by atoms with Crippen molar-refractivity contribution in [2.24, 2.45) is 7.05 Å². The zero-order valence-corrected chi connectivity index (χ0v) is 14.3. The maximum Gasteiger partial charge on any atom is 0.237 e. The van der Waals surface area contributed by atoms with Gasteiger partial charge in [0.05, 0.1) is 5.25 Å². The number of hydrogen-bond acceptors (Lipinski definition) is 4. The van der Waals surface area contributed by atoms with Crippen LogP contribution < -0.4 is 5.32 Å². The highest BCUT2D eigenvalue weighted by Crippen LogP contribution is 2.29. The number of benzene rings is 2. The van der Waals surface area contributed by atoms with Crippen LogP contribution in [0.1, 0.15) is 6.92 Å². The lowest BCUT2D eigenvalue weighted by Gasteiger charge is -2.14. The van der Waals surface area contributed by atoms with Crippen LogP contribution in [-0.4, -0.2) is 25.9 Å². The van der Waals surface area contributed by atoms with Gasteiger partial charge in [0.25, 0.3) is 0 Å². The van der Waals surface area contributed by atoms with Gasteiger partial charge >= 0.3 is 0 Å². The monoisotopic (exact) mass is 338 g/mol. The molecule has 122 valence electrons. The highest BCUT2D eigenvalue weighted by atomic mass is 32.2. The maximum atomic E-state index is 12.5. The fraction of sp³-hybridized carbons (Fsp3) is 0.167. The summed E-state index contributed by atoms with van der Waals surface area (Å²) in [5.41, 5.74) is 2.88. The standard InChI is InChI=1S/C18H18N4OS/c1-13(24-18-21-19-12-22(18)2)17(23)20-16-11-7-6-10-15(16)14-8-4-3-5-9-14/h3-13H,1-2H3,(H,20,23)/t13-/m1/s1. The maximum absolute atomic E-state index is 12.5. The van der Waals surface area contributed by atoms with Crippen LogP contribution in [0.15, 0.2) is 66.1 Å². The van der Waals surface area contributed by atoms with Crippen molar-refractivity contribution in [3.05, 3.63) is 60.9 Å². The van der Waals surface area contributed by atoms with E-state index in [0.29, 0.717) is 5.16 Å². The quantitative estimate of drug-likeness (QED) is 0.722. The van der Waals surface area contributed by atoms with Crippen LogP contribution in [0.2, 0.25) is 0 Å². The van der Waals surface area contributed by atoms with E-state index >= 15 is 0 Å². The van der Waals surface area contributed by atoms with E-state index in [0.717, 1.165) is 16.8 Å². The summed E-state index contributed by atoms with van der Waals surface area (Å²) in [6.45, 7) is 1.86. The number of carbonyl (C=O) groups excluding carboxylic acids is 1. The Bertz CT molecular complexity index is 832. The highest BCUT2D eigenvalue weighted by Gasteiger charge is 2.18. The number of para-hydroxylation sites is 1. The Morgan fingerprint density at radius 2 is 1.83 bits per heavy atom. The zero-order chi connectivity index (χ0) is 16.9. The fourth-order valence-corrected chi connectivity index (χ4v) is 3.08. The first-order valence-electron chi connectivity index (χ1n) is 7.61. The van der Waals surface area contributed by atoms with E-state index in [1.807, 2.05) is 68.6 Å². The molecule has 0 saturated heterocycles. The molecule has 0 saturated carbocycles. The molecule has 5 nitrogen and oxygen atoms in total. The second kappa shape index (κ2) is 7.31. The number of aromatic nitrogens is 3. The number of rotatable bonds is 5. The molecule has 0 unspecified atom stereocenters. The summed E-state index contributed by atoms with van der Waals surface area (Å²) >= 11 is 1.38. The molecule has 0 radical (unpaired) electrons. The fourth-order valence-electron chi connectivity index (χ4n) is 2.29. The van der Waals surface area contributed by atoms with E-state index in [1.54, 1.807) is 10.9 Å². The Balaban J connectivity index is 1.76. The number of amides is 1. The van der Waals surface area contributed by atoms with Crippen molar-refractivity contribution in [2.45, 2.75) is 17.3 Å². The molecule has 0 aliphatic carbocycles. The molecule has 1 amide bonds. The zero-order valence-electron chi connectivity index (χ0n) is 13.5. The minimum absolute atomic E-state index is 0.0635. The van der Waals surface area contributed by atoms with Gasteiger partial charge in [-0.25, -0.2) is 0 Å². The number of hydrogen-bond donors (Lipinski definition) is 1. The Kier molecular flexibility index (Phi) is 4.96. The third-order valence-corrected chi connectivity index (χ3v) is 4.74. The van der Waals surface area contributed by atoms with Gasteiger partial charge in [-0.3, -0.25) is 4.79 Å². The summed E-state index contributed by atoms with van der Waals surface area (Å²) in [5.74, 6) is -0.0635. The predicted octanol–water partition coefficient (Wildman–Crippen LogP) is 3.60. The third kappa shape index (κ3) is 3.65. The molecule has 0 aliphatic rings. The molecule has 0 fully saturated rings. The predicted molar refractivity (Wildman–Crippen MR) is 96.8 cm³/mol. The second-order valence-electron chi connectivity index (χ2n) is 5.39. The molecular formula is C18H18N4OS. The van der Waals surface area contributed by atoms with Crippen LogP contribution in [0.25, 0.3) is 11.1 Å². The largest absolute Gasteiger partial charge is 0.325 e. The van der Waals surface area contributed by atoms with Crippen LogP contribution in [0.3, 0.4) is 0 Å². The third-order valence-electron chi connectivity index (χ3n) is 3.59. The van der Waals surface area contributed by atoms with E-state index in [1.165, 1.54) is 11.8 Å². The minimum Gasteiger partial charge on any atom is -0.325 e. The molecule has 3 aromatic rings. The van der Waals surface area contributed by atoms with Gasteiger partial charge in [-0.2, -0.15) is 0 Å². The number of nitrogens with one attached hydrogen (secondary N) is 1. The van der Waals surface area contributed by atoms with E-state index in [9.17, 15) is 4.79 Å². The highest BCUT2D eigenvalue weighted by molar-refractivity contribution is 8.00. The summed E-state index contributed by atoms with van der Waals surface area (Å²) in [6.07, 6.45) is 1.62. The molecule has 2 aromatic carbocycles. The van der Waals surface area contributed by atoms with E-state index in [2.05, 4.69) is 15.5 Å². The topological polar surface area (TPSA) is 59.8 Å². The van der Waals surface area contributed by atoms with Gasteiger partial charge in [0.2, 0.25) is 5.91 Å². The van der Waals surface area contributed by atoms with Crippen LogP contribution in [0.4, 0.5) is 5.69 Å². The van der Waals surface area contributed by atoms with E-state index in [-0.39, 0.29) is 11.2 Å². The molecule has 0 bridgehead atoms. The van der Waals surface area contributed by atoms with Gasteiger partial charge in [-0.15, -0.1) is 10.2 Å². The normalized spacial score (nSPS) is 11.9. The van der Waals surface area contributed by atoms with E-state index in [4.69, 9.17) is 0 Å². The molecular weight excluding hydrogens is 320 g/mol. The van der Waals surface area contributed by atoms with Crippen molar-refractivity contribution in [3.63, 3.8) is 0 Å². The van der Waals surface area contributed by atoms with Crippen molar-refractivity contribution in [1.29, 1.82) is 0 Å². The van der Waals surface area contributed by atoms with Gasteiger partial charge < -0.3 is 9.88 Å². The summed E-state index contributed by atoms with van der Waals surface area (Å²) in [6, 6.07) is 17.8. The number of anilines is 1. The van der Waals surface area contributed by atoms with Crippen LogP contribution >= 0.6 is 11.8 Å². The lowest BCUT2D eigenvalue weighted by atomic mass is 10.0. The number of nitrogens with zero attached hydrogens (tertiary/aromatic N) is 3. The molecule has 0 spiro atoms. The average molecular weight is 338 g/mol. The summed E-state index contributed by atoms with van der Waals surface area (Å²) in [4.78, 5) is 12.5. The Morgan fingerprint density at radius 3 is 2.54 bits per heavy atom. The first-order valence-corrected chi connectivity index (χ1v) is 8.49. The molecule has 1 atom stereocenters. The first-order chi connectivity index (χ1) is 11.6. The summed E-state index contributed by atoms with van der Waals surface area (Å²) < 4.78 is 1.80. The first kappa shape index (κ1) is 16.3. The average Bonchev–Trinajstić information content (AvgIpc) is 3.01. The van der Waals surface area contributed by atoms with Gasteiger partial charge in [0, 0.05) is 18.3 Å². The molecule has 3 rings (SSSR count). The van der Waals surface area contributed by atoms with Gasteiger partial charge in [0.1, 0.15) is 6.33 Å². The minimum atomic E-state index is -0.281. The Morgan fingerprint density at radius 1 is 1.12 bits per heavy atom. The molecule has 1 N–H and O–H groups in total. The van der Waals surface area contributed by atoms with Crippen LogP contribution in [0.5, 0.6) is 0 Å². The Labute approximate surface area is 145 Å². The molecule has 0 aliphatic heterocycles. The molecule has 24 heavy (non-hydrogen) atoms. The van der Waals surface area contributed by atoms with Gasteiger partial charge in [-0.05, 0) is 18.6 Å². The molecule has 1 aromatic heterocycles. The second-order valence-corrected chi connectivity index (χ2v) is 6.69.